The monoisotopic (exact) mass is 337 g/mol. The van der Waals surface area contributed by atoms with Crippen LogP contribution in [0.3, 0.4) is 0 Å². The third kappa shape index (κ3) is 2.39. The summed E-state index contributed by atoms with van der Waals surface area (Å²) in [4.78, 5) is 32.0. The topological polar surface area (TPSA) is 66.1 Å². The summed E-state index contributed by atoms with van der Waals surface area (Å²) < 4.78 is 1.89. The molecule has 0 bridgehead atoms. The maximum Gasteiger partial charge on any atom is 0.171 e. The van der Waals surface area contributed by atoms with Gasteiger partial charge in [-0.15, -0.1) is 0 Å². The molecule has 1 fully saturated rings. The summed E-state index contributed by atoms with van der Waals surface area (Å²) in [5.41, 5.74) is 2.42. The fourth-order valence-electron chi connectivity index (χ4n) is 3.10. The van der Waals surface area contributed by atoms with Gasteiger partial charge in [0.05, 0.1) is 17.8 Å². The minimum Gasteiger partial charge on any atom is -0.360 e. The number of benzene rings is 1. The zero-order chi connectivity index (χ0) is 16.5. The van der Waals surface area contributed by atoms with Crippen molar-refractivity contribution in [2.24, 2.45) is 5.92 Å². The van der Waals surface area contributed by atoms with Crippen LogP contribution >= 0.6 is 11.9 Å². The number of nitrogens with one attached hydrogen (secondary N) is 1. The third-order valence-corrected chi connectivity index (χ3v) is 5.55. The van der Waals surface area contributed by atoms with Gasteiger partial charge in [-0.2, -0.15) is 0 Å². The third-order valence-electron chi connectivity index (χ3n) is 4.31. The summed E-state index contributed by atoms with van der Waals surface area (Å²) in [6.07, 6.45) is 6.01. The molecule has 1 aromatic carbocycles. The van der Waals surface area contributed by atoms with Gasteiger partial charge in [0, 0.05) is 34.6 Å². The van der Waals surface area contributed by atoms with Gasteiger partial charge in [0.1, 0.15) is 12.3 Å². The maximum atomic E-state index is 13.0. The number of ketones is 1. The highest BCUT2D eigenvalue weighted by Crippen LogP contribution is 2.37. The van der Waals surface area contributed by atoms with Crippen LogP contribution in [0.5, 0.6) is 0 Å². The first-order valence-electron chi connectivity index (χ1n) is 7.67. The number of hydrogen-bond acceptors (Lipinski definition) is 5. The van der Waals surface area contributed by atoms with Gasteiger partial charge in [-0.3, -0.25) is 9.78 Å². The summed E-state index contributed by atoms with van der Waals surface area (Å²) in [6, 6.07) is 10.9. The second-order valence-corrected chi connectivity index (χ2v) is 6.66. The number of aldehydes is 1. The Morgan fingerprint density at radius 2 is 2.17 bits per heavy atom. The smallest absolute Gasteiger partial charge is 0.171 e. The van der Waals surface area contributed by atoms with Crippen LogP contribution in [0.25, 0.3) is 10.9 Å². The number of carbonyl (C=O) groups is 2. The lowest BCUT2D eigenvalue weighted by molar-refractivity contribution is -0.109. The number of para-hydroxylation sites is 1. The van der Waals surface area contributed by atoms with Gasteiger partial charge in [0.25, 0.3) is 0 Å². The van der Waals surface area contributed by atoms with Crippen molar-refractivity contribution in [3.8, 4) is 0 Å². The van der Waals surface area contributed by atoms with Gasteiger partial charge in [-0.1, -0.05) is 18.2 Å². The SMILES string of the molecule is O=CC1C(C(=O)c2c[nH]c3ccccc23)CSN1c1cccnc1. The summed E-state index contributed by atoms with van der Waals surface area (Å²) in [5, 5.41) is 0.900. The quantitative estimate of drug-likeness (QED) is 0.450. The van der Waals surface area contributed by atoms with E-state index in [1.165, 1.54) is 11.9 Å². The highest BCUT2D eigenvalue weighted by atomic mass is 32.2. The van der Waals surface area contributed by atoms with Crippen LogP contribution in [0, 0.1) is 5.92 Å². The van der Waals surface area contributed by atoms with E-state index in [9.17, 15) is 9.59 Å². The second kappa shape index (κ2) is 6.13. The molecule has 0 aliphatic carbocycles. The van der Waals surface area contributed by atoms with E-state index in [0.29, 0.717) is 11.3 Å². The Hall–Kier alpha value is -2.60. The van der Waals surface area contributed by atoms with Crippen molar-refractivity contribution in [3.05, 3.63) is 60.6 Å². The Morgan fingerprint density at radius 3 is 2.96 bits per heavy atom. The molecule has 0 radical (unpaired) electrons. The molecule has 2 atom stereocenters. The van der Waals surface area contributed by atoms with Crippen molar-refractivity contribution in [2.45, 2.75) is 6.04 Å². The number of Topliss-reactive ketones (excluding diaryl/α,β-unsaturated/α-hetero) is 1. The zero-order valence-electron chi connectivity index (χ0n) is 12.8. The van der Waals surface area contributed by atoms with Crippen LogP contribution in [0.4, 0.5) is 5.69 Å². The highest BCUT2D eigenvalue weighted by molar-refractivity contribution is 8.01. The predicted octanol–water partition coefficient (Wildman–Crippen LogP) is 3.10. The normalized spacial score (nSPS) is 20.4. The number of aromatic nitrogens is 2. The molecule has 24 heavy (non-hydrogen) atoms. The van der Waals surface area contributed by atoms with Crippen LogP contribution in [0.1, 0.15) is 10.4 Å². The van der Waals surface area contributed by atoms with Crippen molar-refractivity contribution in [3.63, 3.8) is 0 Å². The number of fused-ring (bicyclic) bond motifs is 1. The molecule has 0 spiro atoms. The van der Waals surface area contributed by atoms with E-state index < -0.39 is 6.04 Å². The molecule has 3 aromatic rings. The number of pyridine rings is 1. The molecule has 1 aliphatic rings. The molecule has 2 aromatic heterocycles. The molecule has 1 saturated heterocycles. The first-order chi connectivity index (χ1) is 11.8. The van der Waals surface area contributed by atoms with Crippen LogP contribution in [0.15, 0.2) is 55.0 Å². The summed E-state index contributed by atoms with van der Waals surface area (Å²) in [5.74, 6) is 0.215. The Bertz CT molecular complexity index is 893. The van der Waals surface area contributed by atoms with E-state index in [4.69, 9.17) is 0 Å². The molecule has 120 valence electrons. The number of carbonyl (C=O) groups excluding carboxylic acids is 2. The Labute approximate surface area is 143 Å². The molecular weight excluding hydrogens is 322 g/mol. The molecule has 6 heteroatoms. The first kappa shape index (κ1) is 15.0. The molecule has 3 heterocycles. The van der Waals surface area contributed by atoms with E-state index in [0.717, 1.165) is 22.9 Å². The number of nitrogens with zero attached hydrogens (tertiary/aromatic N) is 2. The lowest BCUT2D eigenvalue weighted by Crippen LogP contribution is -2.35. The molecule has 0 saturated carbocycles. The van der Waals surface area contributed by atoms with Gasteiger partial charge < -0.3 is 14.1 Å². The number of anilines is 1. The summed E-state index contributed by atoms with van der Waals surface area (Å²) in [7, 11) is 0. The van der Waals surface area contributed by atoms with E-state index in [-0.39, 0.29) is 11.7 Å². The molecule has 5 nitrogen and oxygen atoms in total. The van der Waals surface area contributed by atoms with E-state index in [1.807, 2.05) is 40.7 Å². The zero-order valence-corrected chi connectivity index (χ0v) is 13.6. The molecule has 1 aliphatic heterocycles. The van der Waals surface area contributed by atoms with Crippen LogP contribution in [-0.2, 0) is 4.79 Å². The number of hydrogen-bond donors (Lipinski definition) is 1. The Morgan fingerprint density at radius 1 is 1.29 bits per heavy atom. The van der Waals surface area contributed by atoms with Gasteiger partial charge in [0.15, 0.2) is 5.78 Å². The minimum absolute atomic E-state index is 0.00319. The maximum absolute atomic E-state index is 13.0. The molecule has 2 unspecified atom stereocenters. The lowest BCUT2D eigenvalue weighted by Gasteiger charge is -2.22. The number of H-pyrrole nitrogens is 1. The van der Waals surface area contributed by atoms with Gasteiger partial charge in [-0.05, 0) is 30.1 Å². The van der Waals surface area contributed by atoms with E-state index in [2.05, 4.69) is 9.97 Å². The van der Waals surface area contributed by atoms with Crippen molar-refractivity contribution in [2.75, 3.05) is 10.1 Å². The Kier molecular flexibility index (Phi) is 3.82. The molecule has 1 N–H and O–H groups in total. The largest absolute Gasteiger partial charge is 0.360 e. The second-order valence-electron chi connectivity index (χ2n) is 5.68. The molecule has 4 rings (SSSR count). The predicted molar refractivity (Wildman–Crippen MR) is 95.1 cm³/mol. The number of aromatic amines is 1. The van der Waals surface area contributed by atoms with E-state index >= 15 is 0 Å². The lowest BCUT2D eigenvalue weighted by atomic mass is 9.92. The van der Waals surface area contributed by atoms with E-state index in [1.54, 1.807) is 18.6 Å². The minimum atomic E-state index is -0.486. The number of rotatable bonds is 4. The average Bonchev–Trinajstić information content (AvgIpc) is 3.26. The van der Waals surface area contributed by atoms with Crippen molar-refractivity contribution in [1.29, 1.82) is 0 Å². The fourth-order valence-corrected chi connectivity index (χ4v) is 4.39. The Balaban J connectivity index is 1.66. The molecule has 0 amide bonds. The average molecular weight is 337 g/mol. The van der Waals surface area contributed by atoms with Crippen LogP contribution in [0.2, 0.25) is 0 Å². The fraction of sp³-hybridized carbons (Fsp3) is 0.167. The standard InChI is InChI=1S/C18H15N3O2S/c22-10-17-15(11-24-21(17)12-4-3-7-19-8-12)18(23)14-9-20-16-6-2-1-5-13(14)16/h1-10,15,17,20H,11H2. The molecular formula is C18H15N3O2S. The first-order valence-corrected chi connectivity index (χ1v) is 8.61. The summed E-state index contributed by atoms with van der Waals surface area (Å²) >= 11 is 1.50. The van der Waals surface area contributed by atoms with Crippen molar-refractivity contribution < 1.29 is 9.59 Å². The van der Waals surface area contributed by atoms with Crippen LogP contribution < -0.4 is 4.31 Å². The van der Waals surface area contributed by atoms with Gasteiger partial charge in [0.2, 0.25) is 0 Å². The summed E-state index contributed by atoms with van der Waals surface area (Å²) in [6.45, 7) is 0. The highest BCUT2D eigenvalue weighted by Gasteiger charge is 2.40. The van der Waals surface area contributed by atoms with Crippen LogP contribution in [-0.4, -0.2) is 33.8 Å². The van der Waals surface area contributed by atoms with Gasteiger partial charge >= 0.3 is 0 Å². The van der Waals surface area contributed by atoms with Gasteiger partial charge in [-0.25, -0.2) is 0 Å². The van der Waals surface area contributed by atoms with Crippen molar-refractivity contribution in [1.82, 2.24) is 9.97 Å². The van der Waals surface area contributed by atoms with Crippen molar-refractivity contribution >= 4 is 40.6 Å².